The Balaban J connectivity index is 1.63. The van der Waals surface area contributed by atoms with Crippen molar-refractivity contribution in [1.29, 1.82) is 0 Å². The number of benzene rings is 1. The maximum Gasteiger partial charge on any atom is 0.228 e. The molecule has 26 heavy (non-hydrogen) atoms. The van der Waals surface area contributed by atoms with Gasteiger partial charge in [-0.15, -0.1) is 0 Å². The zero-order chi connectivity index (χ0) is 18.1. The quantitative estimate of drug-likeness (QED) is 0.674. The molecule has 0 bridgehead atoms. The van der Waals surface area contributed by atoms with Crippen LogP contribution in [0, 0.1) is 11.8 Å². The summed E-state index contributed by atoms with van der Waals surface area (Å²) in [6, 6.07) is 8.44. The first-order chi connectivity index (χ1) is 12.6. The molecular formula is C20H27N5O. The molecule has 2 aromatic rings. The van der Waals surface area contributed by atoms with Gasteiger partial charge in [0.15, 0.2) is 5.82 Å². The number of nitrogens with zero attached hydrogens (tertiary/aromatic N) is 3. The van der Waals surface area contributed by atoms with Gasteiger partial charge in [0.1, 0.15) is 0 Å². The molecule has 0 aliphatic heterocycles. The number of hydrogen-bond acceptors (Lipinski definition) is 6. The molecule has 2 unspecified atom stereocenters. The summed E-state index contributed by atoms with van der Waals surface area (Å²) < 4.78 is 0. The Morgan fingerprint density at radius 3 is 2.04 bits per heavy atom. The van der Waals surface area contributed by atoms with Crippen molar-refractivity contribution in [1.82, 2.24) is 15.0 Å². The Kier molecular flexibility index (Phi) is 4.76. The largest absolute Gasteiger partial charge is 0.392 e. The fraction of sp³-hybridized carbons (Fsp3) is 0.550. The molecule has 138 valence electrons. The minimum Gasteiger partial charge on any atom is -0.392 e. The van der Waals surface area contributed by atoms with Gasteiger partial charge >= 0.3 is 0 Å². The highest BCUT2D eigenvalue weighted by Gasteiger charge is 2.30. The molecule has 2 fully saturated rings. The molecule has 0 radical (unpaired) electrons. The molecule has 2 aliphatic carbocycles. The van der Waals surface area contributed by atoms with E-state index >= 15 is 0 Å². The molecule has 2 saturated carbocycles. The third-order valence-electron chi connectivity index (χ3n) is 5.37. The van der Waals surface area contributed by atoms with Crippen molar-refractivity contribution in [3.63, 3.8) is 0 Å². The third kappa shape index (κ3) is 4.12. The van der Waals surface area contributed by atoms with Gasteiger partial charge in [-0.2, -0.15) is 15.0 Å². The summed E-state index contributed by atoms with van der Waals surface area (Å²) in [4.78, 5) is 13.9. The van der Waals surface area contributed by atoms with E-state index in [9.17, 15) is 5.11 Å². The molecule has 1 aromatic heterocycles. The topological polar surface area (TPSA) is 83.0 Å². The highest BCUT2D eigenvalue weighted by atomic mass is 16.3. The molecule has 0 saturated heterocycles. The Hall–Kier alpha value is -2.21. The summed E-state index contributed by atoms with van der Waals surface area (Å²) in [6.45, 7) is 4.38. The van der Waals surface area contributed by atoms with Crippen LogP contribution in [0.15, 0.2) is 24.3 Å². The Labute approximate surface area is 154 Å². The summed E-state index contributed by atoms with van der Waals surface area (Å²) in [5.41, 5.74) is 1.74. The van der Waals surface area contributed by atoms with Crippen LogP contribution in [-0.4, -0.2) is 32.1 Å². The van der Waals surface area contributed by atoms with E-state index < -0.39 is 0 Å². The van der Waals surface area contributed by atoms with Crippen molar-refractivity contribution in [3.8, 4) is 11.4 Å². The molecule has 1 heterocycles. The maximum absolute atomic E-state index is 9.41. The number of nitrogens with one attached hydrogen (secondary N) is 2. The van der Waals surface area contributed by atoms with Crippen LogP contribution in [0.4, 0.5) is 11.9 Å². The molecule has 6 nitrogen and oxygen atoms in total. The molecule has 2 aliphatic rings. The van der Waals surface area contributed by atoms with Crippen LogP contribution in [0.25, 0.3) is 11.4 Å². The van der Waals surface area contributed by atoms with Crippen molar-refractivity contribution < 1.29 is 5.11 Å². The number of hydrogen-bond donors (Lipinski definition) is 3. The van der Waals surface area contributed by atoms with Gasteiger partial charge in [0.2, 0.25) is 11.9 Å². The molecule has 0 amide bonds. The van der Waals surface area contributed by atoms with Gasteiger partial charge < -0.3 is 15.7 Å². The molecule has 6 heteroatoms. The van der Waals surface area contributed by atoms with Crippen molar-refractivity contribution in [3.05, 3.63) is 29.8 Å². The Morgan fingerprint density at radius 1 is 0.962 bits per heavy atom. The summed E-state index contributed by atoms with van der Waals surface area (Å²) in [5, 5.41) is 16.3. The summed E-state index contributed by atoms with van der Waals surface area (Å²) >= 11 is 0. The van der Waals surface area contributed by atoms with E-state index in [1.807, 2.05) is 24.3 Å². The first-order valence-corrected chi connectivity index (χ1v) is 9.61. The van der Waals surface area contributed by atoms with E-state index in [4.69, 9.17) is 0 Å². The second kappa shape index (κ2) is 7.19. The highest BCUT2D eigenvalue weighted by Crippen LogP contribution is 2.35. The van der Waals surface area contributed by atoms with Gasteiger partial charge in [-0.25, -0.2) is 0 Å². The number of aliphatic hydroxyl groups is 1. The zero-order valence-corrected chi connectivity index (χ0v) is 15.4. The number of rotatable bonds is 8. The lowest BCUT2D eigenvalue weighted by molar-refractivity contribution is 0.282. The second-order valence-corrected chi connectivity index (χ2v) is 7.71. The van der Waals surface area contributed by atoms with Crippen LogP contribution >= 0.6 is 0 Å². The highest BCUT2D eigenvalue weighted by molar-refractivity contribution is 5.59. The average molecular weight is 353 g/mol. The number of anilines is 2. The monoisotopic (exact) mass is 353 g/mol. The minimum absolute atomic E-state index is 0.00651. The molecular weight excluding hydrogens is 326 g/mol. The second-order valence-electron chi connectivity index (χ2n) is 7.71. The molecule has 1 aromatic carbocycles. The van der Waals surface area contributed by atoms with Gasteiger partial charge in [0.05, 0.1) is 6.61 Å². The van der Waals surface area contributed by atoms with E-state index in [1.54, 1.807) is 0 Å². The normalized spacial score (nSPS) is 19.0. The first-order valence-electron chi connectivity index (χ1n) is 9.61. The smallest absolute Gasteiger partial charge is 0.228 e. The first kappa shape index (κ1) is 17.2. The van der Waals surface area contributed by atoms with E-state index in [2.05, 4.69) is 39.4 Å². The van der Waals surface area contributed by atoms with Crippen LogP contribution in [0.3, 0.4) is 0 Å². The predicted octanol–water partition coefficient (Wildman–Crippen LogP) is 3.45. The lowest BCUT2D eigenvalue weighted by Gasteiger charge is -2.17. The van der Waals surface area contributed by atoms with E-state index in [0.717, 1.165) is 23.0 Å². The third-order valence-corrected chi connectivity index (χ3v) is 5.37. The summed E-state index contributed by atoms with van der Waals surface area (Å²) in [7, 11) is 0. The van der Waals surface area contributed by atoms with E-state index in [1.165, 1.54) is 25.7 Å². The molecule has 0 spiro atoms. The van der Waals surface area contributed by atoms with Crippen molar-refractivity contribution in [2.24, 2.45) is 11.8 Å². The van der Waals surface area contributed by atoms with E-state index in [-0.39, 0.29) is 6.61 Å². The van der Waals surface area contributed by atoms with Crippen LogP contribution in [0.1, 0.15) is 45.1 Å². The lowest BCUT2D eigenvalue weighted by atomic mass is 10.1. The SMILES string of the molecule is CC(Nc1nc(NC(C)C2CC2)nc(-c2cccc(CO)c2)n1)C1CC1. The van der Waals surface area contributed by atoms with Crippen LogP contribution < -0.4 is 10.6 Å². The van der Waals surface area contributed by atoms with Gasteiger partial charge in [-0.1, -0.05) is 18.2 Å². The van der Waals surface area contributed by atoms with Gasteiger partial charge in [0, 0.05) is 17.6 Å². The zero-order valence-electron chi connectivity index (χ0n) is 15.4. The summed E-state index contributed by atoms with van der Waals surface area (Å²) in [5.74, 6) is 3.30. The van der Waals surface area contributed by atoms with Crippen LogP contribution in [0.5, 0.6) is 0 Å². The molecule has 4 rings (SSSR count). The Bertz CT molecular complexity index is 734. The van der Waals surface area contributed by atoms with Crippen LogP contribution in [-0.2, 0) is 6.61 Å². The minimum atomic E-state index is 0.00651. The van der Waals surface area contributed by atoms with Gasteiger partial charge in [-0.05, 0) is 63.0 Å². The average Bonchev–Trinajstić information content (AvgIpc) is 3.53. The van der Waals surface area contributed by atoms with Crippen molar-refractivity contribution >= 4 is 11.9 Å². The van der Waals surface area contributed by atoms with E-state index in [0.29, 0.717) is 29.8 Å². The fourth-order valence-corrected chi connectivity index (χ4v) is 3.28. The van der Waals surface area contributed by atoms with Crippen molar-refractivity contribution in [2.45, 2.75) is 58.2 Å². The van der Waals surface area contributed by atoms with Crippen molar-refractivity contribution in [2.75, 3.05) is 10.6 Å². The van der Waals surface area contributed by atoms with Crippen LogP contribution in [0.2, 0.25) is 0 Å². The lowest BCUT2D eigenvalue weighted by Crippen LogP contribution is -2.23. The van der Waals surface area contributed by atoms with Gasteiger partial charge in [-0.3, -0.25) is 0 Å². The standard InChI is InChI=1S/C20H27N5O/c1-12(15-6-7-15)21-19-23-18(17-5-3-4-14(10-17)11-26)24-20(25-19)22-13(2)16-8-9-16/h3-5,10,12-13,15-16,26H,6-9,11H2,1-2H3,(H2,21,22,23,24,25). The number of aromatic nitrogens is 3. The molecule has 2 atom stereocenters. The number of aliphatic hydroxyl groups excluding tert-OH is 1. The maximum atomic E-state index is 9.41. The summed E-state index contributed by atoms with van der Waals surface area (Å²) in [6.07, 6.45) is 5.09. The predicted molar refractivity (Wildman–Crippen MR) is 103 cm³/mol. The fourth-order valence-electron chi connectivity index (χ4n) is 3.28. The molecule has 3 N–H and O–H groups in total. The van der Waals surface area contributed by atoms with Gasteiger partial charge in [0.25, 0.3) is 0 Å². The Morgan fingerprint density at radius 2 is 1.54 bits per heavy atom.